The van der Waals surface area contributed by atoms with Gasteiger partial charge in [0.2, 0.25) is 10.0 Å². The highest BCUT2D eigenvalue weighted by atomic mass is 32.2. The zero-order valence-corrected chi connectivity index (χ0v) is 14.5. The van der Waals surface area contributed by atoms with E-state index in [1.54, 1.807) is 42.5 Å². The number of carbonyl (C=O) groups excluding carboxylic acids is 1. The second kappa shape index (κ2) is 6.34. The summed E-state index contributed by atoms with van der Waals surface area (Å²) in [6.07, 6.45) is 1.26. The molecule has 0 saturated carbocycles. The quantitative estimate of drug-likeness (QED) is 0.645. The molecule has 0 radical (unpaired) electrons. The number of carbonyl (C=O) groups is 1. The largest absolute Gasteiger partial charge is 0.503 e. The molecular formula is C18H18N2O4S. The van der Waals surface area contributed by atoms with Crippen molar-refractivity contribution < 1.29 is 18.3 Å². The average Bonchev–Trinajstić information content (AvgIpc) is 2.99. The standard InChI is InChI=1S/C18H18N2O4S/c1-12-2-6-16(7-3-12)25(23,24)20-10-14-5-4-13(8-15(14)11-20)9-17(21)18(19)22/h2-9,21H,10-11H2,1H3,(H2,19,22)/b17-9-. The van der Waals surface area contributed by atoms with Crippen molar-refractivity contribution in [3.05, 3.63) is 70.5 Å². The predicted molar refractivity (Wildman–Crippen MR) is 93.9 cm³/mol. The molecule has 25 heavy (non-hydrogen) atoms. The van der Waals surface area contributed by atoms with E-state index in [1.807, 2.05) is 6.92 Å². The van der Waals surface area contributed by atoms with Gasteiger partial charge in [-0.15, -0.1) is 0 Å². The van der Waals surface area contributed by atoms with E-state index >= 15 is 0 Å². The third-order valence-corrected chi connectivity index (χ3v) is 5.94. The van der Waals surface area contributed by atoms with Gasteiger partial charge in [0.25, 0.3) is 5.91 Å². The van der Waals surface area contributed by atoms with Crippen LogP contribution in [0.5, 0.6) is 0 Å². The van der Waals surface area contributed by atoms with Crippen LogP contribution in [-0.4, -0.2) is 23.7 Å². The van der Waals surface area contributed by atoms with E-state index in [1.165, 1.54) is 10.4 Å². The number of primary amides is 1. The van der Waals surface area contributed by atoms with Gasteiger partial charge < -0.3 is 10.8 Å². The van der Waals surface area contributed by atoms with Gasteiger partial charge in [-0.05, 0) is 47.9 Å². The van der Waals surface area contributed by atoms with Crippen molar-refractivity contribution in [2.45, 2.75) is 24.9 Å². The molecule has 0 fully saturated rings. The van der Waals surface area contributed by atoms with Crippen molar-refractivity contribution in [1.29, 1.82) is 0 Å². The SMILES string of the molecule is Cc1ccc(S(=O)(=O)N2Cc3ccc(/C=C(\O)C(N)=O)cc3C2)cc1. The Labute approximate surface area is 146 Å². The first kappa shape index (κ1) is 17.2. The number of amides is 1. The summed E-state index contributed by atoms with van der Waals surface area (Å²) in [6.45, 7) is 2.43. The molecule has 7 heteroatoms. The van der Waals surface area contributed by atoms with E-state index in [-0.39, 0.29) is 18.0 Å². The molecule has 130 valence electrons. The number of benzene rings is 2. The summed E-state index contributed by atoms with van der Waals surface area (Å²) in [6, 6.07) is 12.0. The normalized spacial score (nSPS) is 15.2. The van der Waals surface area contributed by atoms with Crippen LogP contribution in [0.1, 0.15) is 22.3 Å². The Morgan fingerprint density at radius 1 is 1.12 bits per heavy atom. The van der Waals surface area contributed by atoms with Crippen LogP contribution in [-0.2, 0) is 27.9 Å². The Morgan fingerprint density at radius 3 is 2.40 bits per heavy atom. The fourth-order valence-corrected chi connectivity index (χ4v) is 4.13. The lowest BCUT2D eigenvalue weighted by Gasteiger charge is -2.15. The molecular weight excluding hydrogens is 340 g/mol. The van der Waals surface area contributed by atoms with Crippen LogP contribution in [0.4, 0.5) is 0 Å². The van der Waals surface area contributed by atoms with E-state index < -0.39 is 21.7 Å². The Kier molecular flexibility index (Phi) is 4.36. The maximum Gasteiger partial charge on any atom is 0.283 e. The number of fused-ring (bicyclic) bond motifs is 1. The van der Waals surface area contributed by atoms with Crippen LogP contribution in [0.2, 0.25) is 0 Å². The van der Waals surface area contributed by atoms with Gasteiger partial charge in [-0.3, -0.25) is 4.79 Å². The molecule has 1 heterocycles. The van der Waals surface area contributed by atoms with E-state index in [0.29, 0.717) is 5.56 Å². The van der Waals surface area contributed by atoms with E-state index in [4.69, 9.17) is 5.73 Å². The van der Waals surface area contributed by atoms with Crippen molar-refractivity contribution in [2.75, 3.05) is 0 Å². The minimum atomic E-state index is -3.58. The van der Waals surface area contributed by atoms with Gasteiger partial charge in [0.05, 0.1) is 4.90 Å². The number of aliphatic hydroxyl groups excluding tert-OH is 1. The summed E-state index contributed by atoms with van der Waals surface area (Å²) in [5.41, 5.74) is 8.32. The first-order valence-corrected chi connectivity index (χ1v) is 9.10. The number of nitrogens with zero attached hydrogens (tertiary/aromatic N) is 1. The average molecular weight is 358 g/mol. The summed E-state index contributed by atoms with van der Waals surface area (Å²) >= 11 is 0. The molecule has 1 amide bonds. The number of aliphatic hydroxyl groups is 1. The highest BCUT2D eigenvalue weighted by molar-refractivity contribution is 7.89. The van der Waals surface area contributed by atoms with Gasteiger partial charge >= 0.3 is 0 Å². The first-order chi connectivity index (χ1) is 11.8. The van der Waals surface area contributed by atoms with Crippen molar-refractivity contribution >= 4 is 22.0 Å². The number of sulfonamides is 1. The lowest BCUT2D eigenvalue weighted by Crippen LogP contribution is -2.25. The number of hydrogen-bond acceptors (Lipinski definition) is 4. The Hall–Kier alpha value is -2.64. The number of rotatable bonds is 4. The summed E-state index contributed by atoms with van der Waals surface area (Å²) < 4.78 is 27.0. The molecule has 0 spiro atoms. The molecule has 3 N–H and O–H groups in total. The van der Waals surface area contributed by atoms with Gasteiger partial charge in [-0.25, -0.2) is 8.42 Å². The Balaban J connectivity index is 1.87. The van der Waals surface area contributed by atoms with E-state index in [2.05, 4.69) is 0 Å². The lowest BCUT2D eigenvalue weighted by atomic mass is 10.1. The molecule has 0 unspecified atom stereocenters. The summed E-state index contributed by atoms with van der Waals surface area (Å²) in [7, 11) is -3.58. The van der Waals surface area contributed by atoms with Crippen LogP contribution in [0.15, 0.2) is 53.1 Å². The van der Waals surface area contributed by atoms with Crippen molar-refractivity contribution in [1.82, 2.24) is 4.31 Å². The molecule has 6 nitrogen and oxygen atoms in total. The first-order valence-electron chi connectivity index (χ1n) is 7.66. The highest BCUT2D eigenvalue weighted by Gasteiger charge is 2.30. The van der Waals surface area contributed by atoms with Gasteiger partial charge in [0.1, 0.15) is 0 Å². The molecule has 0 atom stereocenters. The smallest absolute Gasteiger partial charge is 0.283 e. The molecule has 0 saturated heterocycles. The summed E-state index contributed by atoms with van der Waals surface area (Å²) in [5, 5.41) is 9.46. The Morgan fingerprint density at radius 2 is 1.76 bits per heavy atom. The fourth-order valence-electron chi connectivity index (χ4n) is 2.73. The van der Waals surface area contributed by atoms with Crippen molar-refractivity contribution in [3.63, 3.8) is 0 Å². The zero-order chi connectivity index (χ0) is 18.2. The van der Waals surface area contributed by atoms with E-state index in [0.717, 1.165) is 16.7 Å². The minimum absolute atomic E-state index is 0.241. The topological polar surface area (TPSA) is 101 Å². The van der Waals surface area contributed by atoms with E-state index in [9.17, 15) is 18.3 Å². The summed E-state index contributed by atoms with van der Waals surface area (Å²) in [4.78, 5) is 11.2. The molecule has 2 aromatic carbocycles. The molecule has 0 aromatic heterocycles. The second-order valence-corrected chi connectivity index (χ2v) is 7.95. The van der Waals surface area contributed by atoms with Crippen LogP contribution in [0.25, 0.3) is 6.08 Å². The molecule has 3 rings (SSSR count). The number of aryl methyl sites for hydroxylation is 1. The zero-order valence-electron chi connectivity index (χ0n) is 13.6. The third-order valence-electron chi connectivity index (χ3n) is 4.14. The molecule has 2 aromatic rings. The van der Waals surface area contributed by atoms with Crippen molar-refractivity contribution in [3.8, 4) is 0 Å². The maximum atomic E-state index is 12.8. The van der Waals surface area contributed by atoms with Crippen LogP contribution in [0.3, 0.4) is 0 Å². The number of hydrogen-bond donors (Lipinski definition) is 2. The maximum absolute atomic E-state index is 12.8. The molecule has 1 aliphatic heterocycles. The molecule has 0 aliphatic carbocycles. The predicted octanol–water partition coefficient (Wildman–Crippen LogP) is 2.08. The fraction of sp³-hybridized carbons (Fsp3) is 0.167. The highest BCUT2D eigenvalue weighted by Crippen LogP contribution is 2.29. The van der Waals surface area contributed by atoms with Crippen molar-refractivity contribution in [2.24, 2.45) is 5.73 Å². The van der Waals surface area contributed by atoms with Gasteiger partial charge in [-0.1, -0.05) is 29.8 Å². The minimum Gasteiger partial charge on any atom is -0.503 e. The summed E-state index contributed by atoms with van der Waals surface area (Å²) in [5.74, 6) is -1.45. The monoisotopic (exact) mass is 358 g/mol. The van der Waals surface area contributed by atoms with Gasteiger partial charge in [-0.2, -0.15) is 4.31 Å². The van der Waals surface area contributed by atoms with Gasteiger partial charge in [0.15, 0.2) is 5.76 Å². The van der Waals surface area contributed by atoms with Crippen LogP contribution < -0.4 is 5.73 Å². The number of nitrogens with two attached hydrogens (primary N) is 1. The Bertz CT molecular complexity index is 963. The van der Waals surface area contributed by atoms with Crippen LogP contribution >= 0.6 is 0 Å². The molecule has 0 bridgehead atoms. The van der Waals surface area contributed by atoms with Gasteiger partial charge in [0, 0.05) is 13.1 Å². The third kappa shape index (κ3) is 3.42. The lowest BCUT2D eigenvalue weighted by molar-refractivity contribution is -0.116. The second-order valence-electron chi connectivity index (χ2n) is 6.01. The molecule has 1 aliphatic rings. The van der Waals surface area contributed by atoms with Crippen LogP contribution in [0, 0.1) is 6.92 Å².